The molecule has 2 rings (SSSR count). The quantitative estimate of drug-likeness (QED) is 0.745. The summed E-state index contributed by atoms with van der Waals surface area (Å²) in [5, 5.41) is 9.19. The summed E-state index contributed by atoms with van der Waals surface area (Å²) in [7, 11) is 0. The molecule has 0 saturated heterocycles. The molecule has 0 aliphatic rings. The number of nitrogens with two attached hydrogens (primary N) is 1. The zero-order valence-corrected chi connectivity index (χ0v) is 13.5. The van der Waals surface area contributed by atoms with Gasteiger partial charge >= 0.3 is 5.97 Å². The van der Waals surface area contributed by atoms with Gasteiger partial charge in [-0.05, 0) is 19.1 Å². The Balaban J connectivity index is 2.91. The van der Waals surface area contributed by atoms with Gasteiger partial charge < -0.3 is 10.5 Å². The van der Waals surface area contributed by atoms with Crippen molar-refractivity contribution in [1.82, 2.24) is 4.57 Å². The van der Waals surface area contributed by atoms with Crippen LogP contribution in [0.15, 0.2) is 35.1 Å². The molecule has 0 fully saturated rings. The minimum absolute atomic E-state index is 0.0429. The number of carbonyl (C=O) groups excluding carboxylic acids is 2. The zero-order valence-electron chi connectivity index (χ0n) is 12.7. The third kappa shape index (κ3) is 3.42. The normalized spacial score (nSPS) is 12.4. The number of carbonyl (C=O) groups is 2. The van der Waals surface area contributed by atoms with Crippen molar-refractivity contribution in [2.24, 2.45) is 5.73 Å². The van der Waals surface area contributed by atoms with E-state index in [4.69, 9.17) is 10.5 Å². The van der Waals surface area contributed by atoms with E-state index in [1.54, 1.807) is 43.3 Å². The molecule has 7 nitrogen and oxygen atoms in total. The Bertz CT molecular complexity index is 997. The Morgan fingerprint density at radius 2 is 2.04 bits per heavy atom. The predicted molar refractivity (Wildman–Crippen MR) is 88.5 cm³/mol. The van der Waals surface area contributed by atoms with Crippen LogP contribution < -0.4 is 20.5 Å². The van der Waals surface area contributed by atoms with E-state index < -0.39 is 17.4 Å². The van der Waals surface area contributed by atoms with Crippen LogP contribution in [-0.4, -0.2) is 23.1 Å². The van der Waals surface area contributed by atoms with Crippen molar-refractivity contribution in [3.63, 3.8) is 0 Å². The summed E-state index contributed by atoms with van der Waals surface area (Å²) < 4.78 is 6.08. The van der Waals surface area contributed by atoms with Crippen molar-refractivity contribution in [2.75, 3.05) is 6.61 Å². The molecule has 24 heavy (non-hydrogen) atoms. The second-order valence-corrected chi connectivity index (χ2v) is 5.53. The SMILES string of the molecule is CCOC(=O)/C=c1/s/c(=C(/C#N)C(N)=O)n(-c2ccccc2)c1=O. The van der Waals surface area contributed by atoms with Gasteiger partial charge in [0.15, 0.2) is 5.57 Å². The number of ether oxygens (including phenoxy) is 1. The van der Waals surface area contributed by atoms with Crippen LogP contribution in [0.1, 0.15) is 6.92 Å². The minimum atomic E-state index is -0.953. The van der Waals surface area contributed by atoms with Crippen LogP contribution in [0.4, 0.5) is 0 Å². The standard InChI is InChI=1S/C16H13N3O4S/c1-2-23-13(20)8-12-15(22)19(10-6-4-3-5-7-10)16(24-12)11(9-17)14(18)21/h3-8H,2H2,1H3,(H2,18,21)/b12-8+,16-11-. The highest BCUT2D eigenvalue weighted by Crippen LogP contribution is 2.02. The number of aromatic nitrogens is 1. The van der Waals surface area contributed by atoms with E-state index in [1.807, 2.05) is 0 Å². The predicted octanol–water partition coefficient (Wildman–Crippen LogP) is -0.598. The molecular weight excluding hydrogens is 330 g/mol. The summed E-state index contributed by atoms with van der Waals surface area (Å²) in [4.78, 5) is 35.8. The van der Waals surface area contributed by atoms with Crippen molar-refractivity contribution in [3.05, 3.63) is 49.9 Å². The van der Waals surface area contributed by atoms with Crippen molar-refractivity contribution in [2.45, 2.75) is 6.92 Å². The number of thiazole rings is 1. The number of hydrogen-bond acceptors (Lipinski definition) is 6. The molecule has 2 N–H and O–H groups in total. The molecular formula is C16H13N3O4S. The van der Waals surface area contributed by atoms with Crippen LogP contribution in [0, 0.1) is 11.3 Å². The Morgan fingerprint density at radius 3 is 2.58 bits per heavy atom. The lowest BCUT2D eigenvalue weighted by Gasteiger charge is -2.01. The number of nitrogens with zero attached hydrogens (tertiary/aromatic N) is 2. The van der Waals surface area contributed by atoms with Crippen molar-refractivity contribution in [3.8, 4) is 11.8 Å². The highest BCUT2D eigenvalue weighted by Gasteiger charge is 2.15. The van der Waals surface area contributed by atoms with E-state index >= 15 is 0 Å². The van der Waals surface area contributed by atoms with Gasteiger partial charge in [-0.1, -0.05) is 18.2 Å². The highest BCUT2D eigenvalue weighted by molar-refractivity contribution is 7.07. The number of amides is 1. The van der Waals surface area contributed by atoms with Crippen LogP contribution in [0.5, 0.6) is 0 Å². The zero-order chi connectivity index (χ0) is 17.7. The number of para-hydroxylation sites is 1. The molecule has 0 saturated carbocycles. The molecule has 8 heteroatoms. The van der Waals surface area contributed by atoms with Gasteiger partial charge in [0.05, 0.1) is 12.3 Å². The Morgan fingerprint density at radius 1 is 1.38 bits per heavy atom. The molecule has 2 aromatic rings. The second kappa shape index (κ2) is 7.39. The molecule has 0 aliphatic carbocycles. The lowest BCUT2D eigenvalue weighted by atomic mass is 10.3. The second-order valence-electron chi connectivity index (χ2n) is 4.50. The summed E-state index contributed by atoms with van der Waals surface area (Å²) in [5.41, 5.74) is 4.78. The van der Waals surface area contributed by atoms with Crippen molar-refractivity contribution in [1.29, 1.82) is 5.26 Å². The van der Waals surface area contributed by atoms with E-state index in [1.165, 1.54) is 4.57 Å². The van der Waals surface area contributed by atoms with Crippen LogP contribution >= 0.6 is 11.3 Å². The summed E-state index contributed by atoms with van der Waals surface area (Å²) in [6, 6.07) is 10.2. The molecule has 1 heterocycles. The van der Waals surface area contributed by atoms with Gasteiger partial charge in [-0.15, -0.1) is 11.3 Å². The Labute approximate surface area is 140 Å². The van der Waals surface area contributed by atoms with Gasteiger partial charge in [0.25, 0.3) is 11.5 Å². The van der Waals surface area contributed by atoms with Gasteiger partial charge in [0.1, 0.15) is 15.3 Å². The molecule has 0 unspecified atom stereocenters. The average molecular weight is 343 g/mol. The number of rotatable bonds is 4. The maximum atomic E-state index is 12.6. The van der Waals surface area contributed by atoms with Crippen LogP contribution in [0.2, 0.25) is 0 Å². The van der Waals surface area contributed by atoms with Gasteiger partial charge in [-0.25, -0.2) is 4.79 Å². The first kappa shape index (κ1) is 17.2. The summed E-state index contributed by atoms with van der Waals surface area (Å²) in [6.07, 6.45) is 1.04. The molecule has 122 valence electrons. The lowest BCUT2D eigenvalue weighted by molar-refractivity contribution is -0.135. The smallest absolute Gasteiger partial charge is 0.332 e. The van der Waals surface area contributed by atoms with E-state index in [2.05, 4.69) is 0 Å². The van der Waals surface area contributed by atoms with E-state index in [9.17, 15) is 19.6 Å². The maximum absolute atomic E-state index is 12.6. The third-order valence-corrected chi connectivity index (χ3v) is 4.04. The summed E-state index contributed by atoms with van der Waals surface area (Å²) in [6.45, 7) is 1.81. The number of hydrogen-bond donors (Lipinski definition) is 1. The van der Waals surface area contributed by atoms with Crippen LogP contribution in [-0.2, 0) is 14.3 Å². The topological polar surface area (TPSA) is 115 Å². The number of esters is 1. The van der Waals surface area contributed by atoms with Gasteiger partial charge in [-0.3, -0.25) is 14.2 Å². The Hall–Kier alpha value is -3.18. The lowest BCUT2D eigenvalue weighted by Crippen LogP contribution is -2.32. The molecule has 0 aliphatic heterocycles. The Kier molecular flexibility index (Phi) is 5.29. The van der Waals surface area contributed by atoms with Gasteiger partial charge in [0.2, 0.25) is 0 Å². The van der Waals surface area contributed by atoms with E-state index in [0.29, 0.717) is 5.69 Å². The number of primary amides is 1. The average Bonchev–Trinajstić information content (AvgIpc) is 2.85. The molecule has 1 aromatic heterocycles. The highest BCUT2D eigenvalue weighted by atomic mass is 32.1. The number of nitriles is 1. The fourth-order valence-electron chi connectivity index (χ4n) is 1.96. The molecule has 1 aromatic carbocycles. The third-order valence-electron chi connectivity index (χ3n) is 2.95. The fourth-order valence-corrected chi connectivity index (χ4v) is 3.03. The van der Waals surface area contributed by atoms with Gasteiger partial charge in [-0.2, -0.15) is 5.26 Å². The maximum Gasteiger partial charge on any atom is 0.332 e. The first-order chi connectivity index (χ1) is 11.5. The van der Waals surface area contributed by atoms with Crippen molar-refractivity contribution < 1.29 is 14.3 Å². The monoisotopic (exact) mass is 343 g/mol. The molecule has 0 atom stereocenters. The molecule has 1 amide bonds. The van der Waals surface area contributed by atoms with Crippen LogP contribution in [0.25, 0.3) is 17.3 Å². The van der Waals surface area contributed by atoms with Gasteiger partial charge in [0, 0.05) is 6.08 Å². The first-order valence-corrected chi connectivity index (χ1v) is 7.71. The fraction of sp³-hybridized carbons (Fsp3) is 0.125. The largest absolute Gasteiger partial charge is 0.463 e. The van der Waals surface area contributed by atoms with E-state index in [-0.39, 0.29) is 21.4 Å². The molecule has 0 bridgehead atoms. The minimum Gasteiger partial charge on any atom is -0.463 e. The molecule has 0 radical (unpaired) electrons. The van der Waals surface area contributed by atoms with E-state index in [0.717, 1.165) is 17.4 Å². The van der Waals surface area contributed by atoms with Crippen molar-refractivity contribution >= 4 is 34.9 Å². The summed E-state index contributed by atoms with van der Waals surface area (Å²) in [5.74, 6) is -1.63. The summed E-state index contributed by atoms with van der Waals surface area (Å²) >= 11 is 0.830. The van der Waals surface area contributed by atoms with Crippen LogP contribution in [0.3, 0.4) is 0 Å². The molecule has 0 spiro atoms. The number of benzene rings is 1. The first-order valence-electron chi connectivity index (χ1n) is 6.89.